The second-order valence-corrected chi connectivity index (χ2v) is 4.56. The van der Waals surface area contributed by atoms with Crippen LogP contribution < -0.4 is 5.56 Å². The van der Waals surface area contributed by atoms with Crippen LogP contribution >= 0.6 is 11.6 Å². The Morgan fingerprint density at radius 3 is 2.65 bits per heavy atom. The van der Waals surface area contributed by atoms with E-state index in [1.807, 2.05) is 0 Å². The van der Waals surface area contributed by atoms with Gasteiger partial charge in [-0.05, 0) is 0 Å². The molecule has 0 spiro atoms. The van der Waals surface area contributed by atoms with Gasteiger partial charge in [-0.2, -0.15) is 12.1 Å². The minimum atomic E-state index is -2.60. The normalized spacial score (nSPS) is 10.4. The monoisotopic (exact) mass is 371 g/mol. The van der Waals surface area contributed by atoms with E-state index in [1.165, 1.54) is 12.1 Å². The minimum absolute atomic E-state index is 0. The van der Waals surface area contributed by atoms with Crippen molar-refractivity contribution >= 4 is 11.6 Å². The van der Waals surface area contributed by atoms with Crippen LogP contribution in [-0.2, 0) is 39.3 Å². The molecule has 0 unspecified atom stereocenters. The summed E-state index contributed by atoms with van der Waals surface area (Å²) >= 11 is 5.86. The molecule has 103 valence electrons. The molecule has 0 N–H and O–H groups in total. The molecule has 6 heteroatoms. The van der Waals surface area contributed by atoms with Gasteiger partial charge < -0.3 is 4.57 Å². The van der Waals surface area contributed by atoms with Crippen LogP contribution in [0.2, 0.25) is 5.02 Å². The van der Waals surface area contributed by atoms with Crippen LogP contribution in [-0.4, -0.2) is 11.0 Å². The first-order valence-corrected chi connectivity index (χ1v) is 6.03. The van der Waals surface area contributed by atoms with E-state index >= 15 is 0 Å². The van der Waals surface area contributed by atoms with Crippen molar-refractivity contribution in [3.8, 4) is 11.3 Å². The van der Waals surface area contributed by atoms with Crippen molar-refractivity contribution < 1.29 is 41.5 Å². The quantitative estimate of drug-likeness (QED) is 0.757. The van der Waals surface area contributed by atoms with Crippen LogP contribution in [0.25, 0.3) is 11.3 Å². The first kappa shape index (κ1) is 17.5. The maximum atomic E-state index is 12.6. The number of alkyl halides is 2. The van der Waals surface area contributed by atoms with Crippen molar-refractivity contribution in [2.75, 3.05) is 0 Å². The molecule has 0 fully saturated rings. The third kappa shape index (κ3) is 3.97. The van der Waals surface area contributed by atoms with Crippen LogP contribution in [0.5, 0.6) is 0 Å². The molecular formula is C14H11ClF2NOY-. The van der Waals surface area contributed by atoms with Crippen LogP contribution in [0.1, 0.15) is 5.56 Å². The molecule has 0 amide bonds. The summed E-state index contributed by atoms with van der Waals surface area (Å²) in [5.41, 5.74) is 1.35. The Balaban J connectivity index is 0.00000200. The van der Waals surface area contributed by atoms with E-state index in [0.717, 1.165) is 10.1 Å². The molecule has 0 aliphatic rings. The Kier molecular flexibility index (Phi) is 6.50. The second kappa shape index (κ2) is 7.44. The average molecular weight is 372 g/mol. The molecule has 1 aromatic heterocycles. The van der Waals surface area contributed by atoms with Crippen molar-refractivity contribution in [1.29, 1.82) is 0 Å². The molecule has 1 heterocycles. The number of aromatic nitrogens is 1. The molecule has 2 nitrogen and oxygen atoms in total. The third-order valence-electron chi connectivity index (χ3n) is 2.75. The molecule has 2 aromatic rings. The molecule has 2 rings (SSSR count). The number of aryl methyl sites for hydroxylation is 1. The van der Waals surface area contributed by atoms with E-state index in [2.05, 4.69) is 6.07 Å². The summed E-state index contributed by atoms with van der Waals surface area (Å²) in [7, 11) is 0. The summed E-state index contributed by atoms with van der Waals surface area (Å²) in [4.78, 5) is 11.7. The number of rotatable bonds is 3. The van der Waals surface area contributed by atoms with Gasteiger partial charge in [0.15, 0.2) is 5.56 Å². The van der Waals surface area contributed by atoms with Crippen molar-refractivity contribution in [2.24, 2.45) is 0 Å². The molecule has 20 heavy (non-hydrogen) atoms. The fourth-order valence-corrected chi connectivity index (χ4v) is 2.13. The molecule has 0 aliphatic heterocycles. The summed E-state index contributed by atoms with van der Waals surface area (Å²) < 4.78 is 26.2. The van der Waals surface area contributed by atoms with Gasteiger partial charge in [0.05, 0.1) is 6.54 Å². The first-order chi connectivity index (χ1) is 8.99. The zero-order valence-corrected chi connectivity index (χ0v) is 14.3. The van der Waals surface area contributed by atoms with E-state index in [9.17, 15) is 13.6 Å². The minimum Gasteiger partial charge on any atom is -0.337 e. The largest absolute Gasteiger partial charge is 0.337 e. The third-order valence-corrected chi connectivity index (χ3v) is 2.98. The maximum Gasteiger partial charge on any atom is 0.256 e. The van der Waals surface area contributed by atoms with Crippen molar-refractivity contribution in [3.05, 3.63) is 57.3 Å². The number of hydrogen-bond donors (Lipinski definition) is 0. The molecular weight excluding hydrogens is 361 g/mol. The molecule has 1 aromatic carbocycles. The van der Waals surface area contributed by atoms with Crippen molar-refractivity contribution in [3.63, 3.8) is 0 Å². The van der Waals surface area contributed by atoms with E-state index in [1.54, 1.807) is 25.1 Å². The number of halogens is 3. The smallest absolute Gasteiger partial charge is 0.256 e. The molecule has 1 radical (unpaired) electrons. The average Bonchev–Trinajstić information content (AvgIpc) is 2.32. The van der Waals surface area contributed by atoms with Gasteiger partial charge in [0.2, 0.25) is 0 Å². The second-order valence-electron chi connectivity index (χ2n) is 4.13. The molecule has 0 saturated heterocycles. The summed E-state index contributed by atoms with van der Waals surface area (Å²) in [5, 5.41) is 0.555. The predicted octanol–water partition coefficient (Wildman–Crippen LogP) is 3.54. The van der Waals surface area contributed by atoms with Gasteiger partial charge in [0.1, 0.15) is 0 Å². The van der Waals surface area contributed by atoms with E-state index in [0.29, 0.717) is 16.3 Å². The van der Waals surface area contributed by atoms with Crippen LogP contribution in [0.15, 0.2) is 35.1 Å². The van der Waals surface area contributed by atoms with Gasteiger partial charge >= 0.3 is 0 Å². The Morgan fingerprint density at radius 1 is 1.35 bits per heavy atom. The van der Waals surface area contributed by atoms with Gasteiger partial charge in [-0.25, -0.2) is 8.78 Å². The summed E-state index contributed by atoms with van der Waals surface area (Å²) in [6.07, 6.45) is -2.60. The first-order valence-electron chi connectivity index (χ1n) is 5.65. The fraction of sp³-hybridized carbons (Fsp3) is 0.214. The number of benzene rings is 1. The summed E-state index contributed by atoms with van der Waals surface area (Å²) in [6, 6.07) is 10.6. The Morgan fingerprint density at radius 2 is 2.05 bits per heavy atom. The summed E-state index contributed by atoms with van der Waals surface area (Å²) in [5.74, 6) is 0. The van der Waals surface area contributed by atoms with Crippen molar-refractivity contribution in [2.45, 2.75) is 19.9 Å². The predicted molar refractivity (Wildman–Crippen MR) is 70.7 cm³/mol. The Bertz CT molecular complexity index is 658. The van der Waals surface area contributed by atoms with E-state index in [4.69, 9.17) is 11.6 Å². The number of hydrogen-bond acceptors (Lipinski definition) is 1. The van der Waals surface area contributed by atoms with Crippen molar-refractivity contribution in [1.82, 2.24) is 4.57 Å². The summed E-state index contributed by atoms with van der Waals surface area (Å²) in [6.45, 7) is 1.16. The maximum absolute atomic E-state index is 12.6. The Labute approximate surface area is 145 Å². The zero-order chi connectivity index (χ0) is 14.0. The molecule has 0 aliphatic carbocycles. The van der Waals surface area contributed by atoms with Gasteiger partial charge in [-0.1, -0.05) is 53.5 Å². The SMILES string of the molecule is Cc1cc(Cl)ccc1-c1[c-]ccc(=O)n1CC(F)F.[Y]. The molecule has 0 saturated carbocycles. The van der Waals surface area contributed by atoms with E-state index in [-0.39, 0.29) is 32.7 Å². The van der Waals surface area contributed by atoms with Crippen LogP contribution in [0.3, 0.4) is 0 Å². The van der Waals surface area contributed by atoms with Gasteiger partial charge in [0, 0.05) is 37.7 Å². The zero-order valence-electron chi connectivity index (χ0n) is 10.7. The van der Waals surface area contributed by atoms with Gasteiger partial charge in [-0.3, -0.25) is 4.79 Å². The number of pyridine rings is 1. The Hall–Kier alpha value is -0.576. The van der Waals surface area contributed by atoms with Crippen LogP contribution in [0, 0.1) is 13.0 Å². The van der Waals surface area contributed by atoms with Gasteiger partial charge in [0.25, 0.3) is 6.43 Å². The fourth-order valence-electron chi connectivity index (χ4n) is 1.91. The van der Waals surface area contributed by atoms with E-state index < -0.39 is 18.5 Å². The molecule has 0 bridgehead atoms. The van der Waals surface area contributed by atoms with Gasteiger partial charge in [-0.15, -0.1) is 6.07 Å². The number of nitrogens with zero attached hydrogens (tertiary/aromatic N) is 1. The molecule has 0 atom stereocenters. The topological polar surface area (TPSA) is 22.0 Å². The van der Waals surface area contributed by atoms with Crippen LogP contribution in [0.4, 0.5) is 8.78 Å². The standard InChI is InChI=1S/C14H11ClF2NO.Y/c1-9-7-10(15)5-6-11(9)12-3-2-4-14(19)18(12)8-13(16)17;/h2,4-7,13H,8H2,1H3;/q-1;.